The topological polar surface area (TPSA) is 50.9 Å². The van der Waals surface area contributed by atoms with E-state index in [0.717, 1.165) is 18.7 Å². The molecule has 0 bridgehead atoms. The SMILES string of the molecule is N[C@H](c1ccc2c(n1)CCCN2)C(F)(F)F. The van der Waals surface area contributed by atoms with Crippen LogP contribution in [0.2, 0.25) is 0 Å². The monoisotopic (exact) mass is 231 g/mol. The van der Waals surface area contributed by atoms with Gasteiger partial charge in [0, 0.05) is 6.54 Å². The molecule has 2 rings (SSSR count). The van der Waals surface area contributed by atoms with E-state index in [9.17, 15) is 13.2 Å². The zero-order chi connectivity index (χ0) is 11.8. The zero-order valence-corrected chi connectivity index (χ0v) is 8.51. The van der Waals surface area contributed by atoms with Crippen molar-refractivity contribution in [3.63, 3.8) is 0 Å². The second-order valence-corrected chi connectivity index (χ2v) is 3.78. The maximum atomic E-state index is 12.4. The molecule has 1 aromatic heterocycles. The van der Waals surface area contributed by atoms with Gasteiger partial charge in [0.05, 0.1) is 17.1 Å². The van der Waals surface area contributed by atoms with Gasteiger partial charge in [-0.15, -0.1) is 0 Å². The first kappa shape index (κ1) is 11.2. The second kappa shape index (κ2) is 3.93. The number of nitrogens with one attached hydrogen (secondary N) is 1. The van der Waals surface area contributed by atoms with E-state index in [1.165, 1.54) is 6.07 Å². The molecule has 6 heteroatoms. The van der Waals surface area contributed by atoms with Gasteiger partial charge in [-0.25, -0.2) is 0 Å². The van der Waals surface area contributed by atoms with Crippen LogP contribution in [0.1, 0.15) is 23.9 Å². The van der Waals surface area contributed by atoms with Crippen LogP contribution in [0.5, 0.6) is 0 Å². The van der Waals surface area contributed by atoms with Crippen molar-refractivity contribution in [1.82, 2.24) is 4.98 Å². The van der Waals surface area contributed by atoms with Gasteiger partial charge in [0.1, 0.15) is 6.04 Å². The molecule has 1 aromatic rings. The predicted molar refractivity (Wildman–Crippen MR) is 54.0 cm³/mol. The number of nitrogens with two attached hydrogens (primary N) is 1. The Morgan fingerprint density at radius 2 is 2.12 bits per heavy atom. The fraction of sp³-hybridized carbons (Fsp3) is 0.500. The van der Waals surface area contributed by atoms with Crippen LogP contribution < -0.4 is 11.1 Å². The van der Waals surface area contributed by atoms with Crippen LogP contribution in [0.4, 0.5) is 18.9 Å². The molecular formula is C10H12F3N3. The fourth-order valence-electron chi connectivity index (χ4n) is 1.69. The van der Waals surface area contributed by atoms with E-state index in [2.05, 4.69) is 10.3 Å². The Kier molecular flexibility index (Phi) is 2.75. The summed E-state index contributed by atoms with van der Waals surface area (Å²) in [5.74, 6) is 0. The van der Waals surface area contributed by atoms with Crippen molar-refractivity contribution in [1.29, 1.82) is 0 Å². The van der Waals surface area contributed by atoms with Gasteiger partial charge in [0.2, 0.25) is 0 Å². The number of anilines is 1. The molecule has 0 aromatic carbocycles. The van der Waals surface area contributed by atoms with Crippen molar-refractivity contribution in [3.8, 4) is 0 Å². The molecular weight excluding hydrogens is 219 g/mol. The molecule has 0 fully saturated rings. The lowest BCUT2D eigenvalue weighted by atomic mass is 10.1. The van der Waals surface area contributed by atoms with Crippen LogP contribution in [0, 0.1) is 0 Å². The molecule has 2 heterocycles. The second-order valence-electron chi connectivity index (χ2n) is 3.78. The molecule has 0 amide bonds. The average Bonchev–Trinajstić information content (AvgIpc) is 2.26. The van der Waals surface area contributed by atoms with E-state index < -0.39 is 12.2 Å². The molecule has 88 valence electrons. The van der Waals surface area contributed by atoms with Crippen LogP contribution in [0.15, 0.2) is 12.1 Å². The summed E-state index contributed by atoms with van der Waals surface area (Å²) in [5, 5.41) is 3.08. The average molecular weight is 231 g/mol. The molecule has 0 unspecified atom stereocenters. The van der Waals surface area contributed by atoms with E-state index in [4.69, 9.17) is 5.73 Å². The summed E-state index contributed by atoms with van der Waals surface area (Å²) in [6.45, 7) is 0.833. The third-order valence-corrected chi connectivity index (χ3v) is 2.57. The number of alkyl halides is 3. The molecule has 0 spiro atoms. The van der Waals surface area contributed by atoms with Crippen molar-refractivity contribution >= 4 is 5.69 Å². The highest BCUT2D eigenvalue weighted by Crippen LogP contribution is 2.31. The van der Waals surface area contributed by atoms with Gasteiger partial charge in [-0.1, -0.05) is 0 Å². The number of pyridine rings is 1. The largest absolute Gasteiger partial charge is 0.409 e. The number of rotatable bonds is 1. The van der Waals surface area contributed by atoms with Crippen molar-refractivity contribution in [2.45, 2.75) is 25.1 Å². The number of hydrogen-bond donors (Lipinski definition) is 2. The van der Waals surface area contributed by atoms with Crippen molar-refractivity contribution in [3.05, 3.63) is 23.5 Å². The first-order valence-electron chi connectivity index (χ1n) is 5.04. The third-order valence-electron chi connectivity index (χ3n) is 2.57. The maximum Gasteiger partial charge on any atom is 0.409 e. The Hall–Kier alpha value is -1.30. The lowest BCUT2D eigenvalue weighted by molar-refractivity contribution is -0.150. The number of aromatic nitrogens is 1. The molecule has 1 aliphatic heterocycles. The number of nitrogens with zero attached hydrogens (tertiary/aromatic N) is 1. The van der Waals surface area contributed by atoms with E-state index in [0.29, 0.717) is 12.1 Å². The summed E-state index contributed by atoms with van der Waals surface area (Å²) in [6.07, 6.45) is -2.87. The summed E-state index contributed by atoms with van der Waals surface area (Å²) in [5.41, 5.74) is 6.46. The minimum Gasteiger partial charge on any atom is -0.384 e. The van der Waals surface area contributed by atoms with Crippen molar-refractivity contribution in [2.75, 3.05) is 11.9 Å². The first-order chi connectivity index (χ1) is 7.48. The number of hydrogen-bond acceptors (Lipinski definition) is 3. The van der Waals surface area contributed by atoms with Gasteiger partial charge in [0.15, 0.2) is 0 Å². The van der Waals surface area contributed by atoms with Gasteiger partial charge < -0.3 is 11.1 Å². The molecule has 16 heavy (non-hydrogen) atoms. The normalized spacial score (nSPS) is 17.5. The third kappa shape index (κ3) is 2.11. The van der Waals surface area contributed by atoms with Crippen LogP contribution in [-0.4, -0.2) is 17.7 Å². The van der Waals surface area contributed by atoms with Gasteiger partial charge >= 0.3 is 6.18 Å². The van der Waals surface area contributed by atoms with Gasteiger partial charge in [-0.2, -0.15) is 13.2 Å². The molecule has 3 N–H and O–H groups in total. The Morgan fingerprint density at radius 3 is 2.81 bits per heavy atom. The van der Waals surface area contributed by atoms with Crippen molar-refractivity contribution < 1.29 is 13.2 Å². The van der Waals surface area contributed by atoms with Gasteiger partial charge in [-0.05, 0) is 25.0 Å². The summed E-state index contributed by atoms with van der Waals surface area (Å²) in [4.78, 5) is 3.97. The van der Waals surface area contributed by atoms with Crippen LogP contribution in [0.3, 0.4) is 0 Å². The Labute approximate surface area is 90.9 Å². The van der Waals surface area contributed by atoms with E-state index >= 15 is 0 Å². The molecule has 0 saturated carbocycles. The van der Waals surface area contributed by atoms with Crippen LogP contribution in [-0.2, 0) is 6.42 Å². The standard InChI is InChI=1S/C10H12F3N3/c11-10(12,13)9(14)8-4-3-6-7(16-8)2-1-5-15-6/h3-4,9,15H,1-2,5,14H2/t9-/m1/s1. The predicted octanol–water partition coefficient (Wildman–Crippen LogP) is 2.00. The molecule has 0 saturated heterocycles. The molecule has 3 nitrogen and oxygen atoms in total. The van der Waals surface area contributed by atoms with Crippen LogP contribution in [0.25, 0.3) is 0 Å². The number of fused-ring (bicyclic) bond motifs is 1. The molecule has 0 radical (unpaired) electrons. The number of aryl methyl sites for hydroxylation is 1. The van der Waals surface area contributed by atoms with E-state index in [1.807, 2.05) is 0 Å². The van der Waals surface area contributed by atoms with Crippen molar-refractivity contribution in [2.24, 2.45) is 5.73 Å². The Morgan fingerprint density at radius 1 is 1.38 bits per heavy atom. The lowest BCUT2D eigenvalue weighted by Crippen LogP contribution is -2.30. The molecule has 1 aliphatic rings. The highest BCUT2D eigenvalue weighted by molar-refractivity contribution is 5.50. The Bertz CT molecular complexity index is 389. The molecule has 0 aliphatic carbocycles. The summed E-state index contributed by atoms with van der Waals surface area (Å²) < 4.78 is 37.2. The zero-order valence-electron chi connectivity index (χ0n) is 8.51. The highest BCUT2D eigenvalue weighted by Gasteiger charge is 2.39. The van der Waals surface area contributed by atoms with E-state index in [1.54, 1.807) is 6.07 Å². The van der Waals surface area contributed by atoms with Crippen LogP contribution >= 0.6 is 0 Å². The minimum absolute atomic E-state index is 0.116. The number of halogens is 3. The quantitative estimate of drug-likeness (QED) is 0.777. The minimum atomic E-state index is -4.44. The van der Waals surface area contributed by atoms with Gasteiger partial charge in [0.25, 0.3) is 0 Å². The summed E-state index contributed by atoms with van der Waals surface area (Å²) >= 11 is 0. The first-order valence-corrected chi connectivity index (χ1v) is 5.04. The lowest BCUT2D eigenvalue weighted by Gasteiger charge is -2.20. The fourth-order valence-corrected chi connectivity index (χ4v) is 1.69. The summed E-state index contributed by atoms with van der Waals surface area (Å²) in [7, 11) is 0. The summed E-state index contributed by atoms with van der Waals surface area (Å²) in [6, 6.07) is 0.942. The Balaban J connectivity index is 2.30. The highest BCUT2D eigenvalue weighted by atomic mass is 19.4. The van der Waals surface area contributed by atoms with E-state index in [-0.39, 0.29) is 5.69 Å². The molecule has 1 atom stereocenters. The van der Waals surface area contributed by atoms with Gasteiger partial charge in [-0.3, -0.25) is 4.98 Å². The smallest absolute Gasteiger partial charge is 0.384 e. The maximum absolute atomic E-state index is 12.4.